The lowest BCUT2D eigenvalue weighted by Crippen LogP contribution is -2.38. The SMILES string of the molecule is O=C(NCCCNc1ccccc1)C1COc2ccc(Cl)cc2C1. The van der Waals surface area contributed by atoms with Gasteiger partial charge in [0, 0.05) is 23.8 Å². The van der Waals surface area contributed by atoms with Crippen LogP contribution in [0.4, 0.5) is 5.69 Å². The summed E-state index contributed by atoms with van der Waals surface area (Å²) >= 11 is 6.01. The minimum absolute atomic E-state index is 0.0420. The first-order valence-electron chi connectivity index (χ1n) is 8.20. The molecule has 1 aliphatic rings. The molecule has 0 bridgehead atoms. The number of hydrogen-bond donors (Lipinski definition) is 2. The molecule has 2 N–H and O–H groups in total. The number of benzene rings is 2. The fraction of sp³-hybridized carbons (Fsp3) is 0.316. The molecule has 0 aromatic heterocycles. The molecular formula is C19H21ClN2O2. The van der Waals surface area contributed by atoms with Gasteiger partial charge in [-0.15, -0.1) is 0 Å². The van der Waals surface area contributed by atoms with Crippen LogP contribution in [-0.2, 0) is 11.2 Å². The Bertz CT molecular complexity index is 691. The second-order valence-corrected chi connectivity index (χ2v) is 6.34. The summed E-state index contributed by atoms with van der Waals surface area (Å²) in [5.41, 5.74) is 2.10. The molecule has 0 radical (unpaired) electrons. The van der Waals surface area contributed by atoms with E-state index in [0.717, 1.165) is 30.0 Å². The molecule has 2 aromatic rings. The first-order chi connectivity index (χ1) is 11.7. The lowest BCUT2D eigenvalue weighted by molar-refractivity contribution is -0.126. The third kappa shape index (κ3) is 4.42. The number of amides is 1. The topological polar surface area (TPSA) is 50.4 Å². The number of fused-ring (bicyclic) bond motifs is 1. The van der Waals surface area contributed by atoms with Crippen molar-refractivity contribution < 1.29 is 9.53 Å². The molecule has 0 saturated heterocycles. The van der Waals surface area contributed by atoms with Crippen molar-refractivity contribution in [3.8, 4) is 5.75 Å². The maximum Gasteiger partial charge on any atom is 0.226 e. The number of halogens is 1. The average molecular weight is 345 g/mol. The van der Waals surface area contributed by atoms with Gasteiger partial charge in [0.25, 0.3) is 0 Å². The van der Waals surface area contributed by atoms with Crippen molar-refractivity contribution in [3.05, 3.63) is 59.1 Å². The van der Waals surface area contributed by atoms with Gasteiger partial charge in [0.15, 0.2) is 0 Å². The number of ether oxygens (including phenoxy) is 1. The molecule has 1 aliphatic heterocycles. The molecule has 1 atom stereocenters. The molecule has 0 saturated carbocycles. The van der Waals surface area contributed by atoms with Crippen molar-refractivity contribution in [2.45, 2.75) is 12.8 Å². The third-order valence-corrected chi connectivity index (χ3v) is 4.29. The molecule has 126 valence electrons. The van der Waals surface area contributed by atoms with Crippen molar-refractivity contribution in [1.82, 2.24) is 5.32 Å². The van der Waals surface area contributed by atoms with Crippen LogP contribution in [-0.4, -0.2) is 25.6 Å². The molecule has 24 heavy (non-hydrogen) atoms. The Kier molecular flexibility index (Phi) is 5.59. The predicted octanol–water partition coefficient (Wildman–Crippen LogP) is 3.51. The normalized spacial score (nSPS) is 16.0. The van der Waals surface area contributed by atoms with Crippen LogP contribution in [0.3, 0.4) is 0 Å². The van der Waals surface area contributed by atoms with E-state index in [0.29, 0.717) is 24.6 Å². The minimum atomic E-state index is -0.155. The Morgan fingerprint density at radius 2 is 2.00 bits per heavy atom. The zero-order valence-electron chi connectivity index (χ0n) is 13.4. The third-order valence-electron chi connectivity index (χ3n) is 4.06. The van der Waals surface area contributed by atoms with Crippen molar-refractivity contribution in [1.29, 1.82) is 0 Å². The highest BCUT2D eigenvalue weighted by atomic mass is 35.5. The van der Waals surface area contributed by atoms with Gasteiger partial charge in [-0.05, 0) is 48.7 Å². The van der Waals surface area contributed by atoms with E-state index in [-0.39, 0.29) is 11.8 Å². The second kappa shape index (κ2) is 8.06. The van der Waals surface area contributed by atoms with E-state index in [4.69, 9.17) is 16.3 Å². The van der Waals surface area contributed by atoms with Crippen molar-refractivity contribution in [3.63, 3.8) is 0 Å². The van der Waals surface area contributed by atoms with Crippen LogP contribution in [0, 0.1) is 5.92 Å². The van der Waals surface area contributed by atoms with Crippen molar-refractivity contribution in [2.24, 2.45) is 5.92 Å². The van der Waals surface area contributed by atoms with Gasteiger partial charge in [0.2, 0.25) is 5.91 Å². The molecule has 1 unspecified atom stereocenters. The maximum atomic E-state index is 12.3. The summed E-state index contributed by atoms with van der Waals surface area (Å²) < 4.78 is 5.67. The summed E-state index contributed by atoms with van der Waals surface area (Å²) in [6.45, 7) is 1.89. The van der Waals surface area contributed by atoms with Gasteiger partial charge in [0.05, 0.1) is 5.92 Å². The quantitative estimate of drug-likeness (QED) is 0.788. The summed E-state index contributed by atoms with van der Waals surface area (Å²) in [5, 5.41) is 6.99. The Labute approximate surface area is 147 Å². The fourth-order valence-electron chi connectivity index (χ4n) is 2.76. The van der Waals surface area contributed by atoms with Crippen LogP contribution in [0.1, 0.15) is 12.0 Å². The lowest BCUT2D eigenvalue weighted by atomic mass is 9.96. The molecule has 4 nitrogen and oxygen atoms in total. The zero-order valence-corrected chi connectivity index (χ0v) is 14.2. The molecule has 1 heterocycles. The summed E-state index contributed by atoms with van der Waals surface area (Å²) in [4.78, 5) is 12.3. The molecule has 0 fully saturated rings. The molecule has 0 aliphatic carbocycles. The molecule has 1 amide bonds. The predicted molar refractivity (Wildman–Crippen MR) is 96.7 cm³/mol. The summed E-state index contributed by atoms with van der Waals surface area (Å²) in [6.07, 6.45) is 1.54. The number of nitrogens with one attached hydrogen (secondary N) is 2. The van der Waals surface area contributed by atoms with Gasteiger partial charge in [-0.25, -0.2) is 0 Å². The van der Waals surface area contributed by atoms with E-state index in [1.54, 1.807) is 6.07 Å². The van der Waals surface area contributed by atoms with Gasteiger partial charge < -0.3 is 15.4 Å². The summed E-state index contributed by atoms with van der Waals surface area (Å²) in [7, 11) is 0. The molecule has 5 heteroatoms. The Morgan fingerprint density at radius 1 is 1.17 bits per heavy atom. The second-order valence-electron chi connectivity index (χ2n) is 5.90. The average Bonchev–Trinajstić information content (AvgIpc) is 2.61. The van der Waals surface area contributed by atoms with Gasteiger partial charge >= 0.3 is 0 Å². The van der Waals surface area contributed by atoms with E-state index >= 15 is 0 Å². The van der Waals surface area contributed by atoms with Gasteiger partial charge in [-0.2, -0.15) is 0 Å². The number of carbonyl (C=O) groups excluding carboxylic acids is 1. The Balaban J connectivity index is 1.40. The zero-order chi connectivity index (χ0) is 16.8. The largest absolute Gasteiger partial charge is 0.492 e. The van der Waals surface area contributed by atoms with E-state index in [2.05, 4.69) is 10.6 Å². The van der Waals surface area contributed by atoms with Crippen LogP contribution in [0.5, 0.6) is 5.75 Å². The smallest absolute Gasteiger partial charge is 0.226 e. The van der Waals surface area contributed by atoms with Crippen molar-refractivity contribution >= 4 is 23.2 Å². The van der Waals surface area contributed by atoms with E-state index < -0.39 is 0 Å². The van der Waals surface area contributed by atoms with Crippen molar-refractivity contribution in [2.75, 3.05) is 25.0 Å². The summed E-state index contributed by atoms with van der Waals surface area (Å²) in [6, 6.07) is 15.6. The fourth-order valence-corrected chi connectivity index (χ4v) is 2.96. The van der Waals surface area contributed by atoms with Gasteiger partial charge in [0.1, 0.15) is 12.4 Å². The van der Waals surface area contributed by atoms with E-state index in [9.17, 15) is 4.79 Å². The highest BCUT2D eigenvalue weighted by molar-refractivity contribution is 6.30. The van der Waals surface area contributed by atoms with Gasteiger partial charge in [-0.3, -0.25) is 4.79 Å². The number of anilines is 1. The molecular weight excluding hydrogens is 324 g/mol. The number of hydrogen-bond acceptors (Lipinski definition) is 3. The van der Waals surface area contributed by atoms with Gasteiger partial charge in [-0.1, -0.05) is 29.8 Å². The highest BCUT2D eigenvalue weighted by Gasteiger charge is 2.25. The van der Waals surface area contributed by atoms with Crippen LogP contribution >= 0.6 is 11.6 Å². The molecule has 0 spiro atoms. The van der Waals surface area contributed by atoms with Crippen LogP contribution in [0.15, 0.2) is 48.5 Å². The van der Waals surface area contributed by atoms with Crippen LogP contribution in [0.25, 0.3) is 0 Å². The maximum absolute atomic E-state index is 12.3. The number of rotatable bonds is 6. The Hall–Kier alpha value is -2.20. The number of carbonyl (C=O) groups is 1. The molecule has 3 rings (SSSR count). The van der Waals surface area contributed by atoms with E-state index in [1.807, 2.05) is 42.5 Å². The van der Waals surface area contributed by atoms with E-state index in [1.165, 1.54) is 0 Å². The Morgan fingerprint density at radius 3 is 2.83 bits per heavy atom. The van der Waals surface area contributed by atoms with Crippen LogP contribution < -0.4 is 15.4 Å². The highest BCUT2D eigenvalue weighted by Crippen LogP contribution is 2.29. The van der Waals surface area contributed by atoms with Crippen LogP contribution in [0.2, 0.25) is 5.02 Å². The lowest BCUT2D eigenvalue weighted by Gasteiger charge is -2.24. The monoisotopic (exact) mass is 344 g/mol. The number of para-hydroxylation sites is 1. The molecule has 2 aromatic carbocycles. The first-order valence-corrected chi connectivity index (χ1v) is 8.58. The minimum Gasteiger partial charge on any atom is -0.492 e. The first kappa shape index (κ1) is 16.7. The standard InChI is InChI=1S/C19H21ClN2O2/c20-16-7-8-18-14(12-16)11-15(13-24-18)19(23)22-10-4-9-21-17-5-2-1-3-6-17/h1-3,5-8,12,15,21H,4,9-11,13H2,(H,22,23). The summed E-state index contributed by atoms with van der Waals surface area (Å²) in [5.74, 6) is 0.717.